The highest BCUT2D eigenvalue weighted by molar-refractivity contribution is 5.92. The van der Waals surface area contributed by atoms with Crippen LogP contribution in [-0.4, -0.2) is 29.2 Å². The zero-order valence-corrected chi connectivity index (χ0v) is 6.71. The normalized spacial score (nSPS) is 8.91. The van der Waals surface area contributed by atoms with E-state index in [1.54, 1.807) is 13.0 Å². The molecule has 0 heterocycles. The van der Waals surface area contributed by atoms with Crippen molar-refractivity contribution in [2.75, 3.05) is 13.3 Å². The Morgan fingerprint density at radius 1 is 1.73 bits per heavy atom. The minimum atomic E-state index is -0.294. The average molecular weight is 155 g/mol. The molecule has 0 aliphatic carbocycles. The van der Waals surface area contributed by atoms with Crippen LogP contribution < -0.4 is 0 Å². The number of amides is 1. The highest BCUT2D eigenvalue weighted by atomic mass is 16.3. The largest absolute Gasteiger partial charge is 0.376 e. The summed E-state index contributed by atoms with van der Waals surface area (Å²) in [7, 11) is 0. The standard InChI is InChI=1S/C8H13NO2/c1-4-5-9(6-10)8(11)7(2)3/h4,10H,1-2,5-6H2,3H3. The molecule has 0 rings (SSSR count). The molecule has 0 aromatic heterocycles. The molecule has 0 aromatic rings. The molecule has 0 aliphatic rings. The van der Waals surface area contributed by atoms with E-state index >= 15 is 0 Å². The molecule has 3 heteroatoms. The molecule has 0 saturated heterocycles. The highest BCUT2D eigenvalue weighted by Gasteiger charge is 2.09. The molecule has 3 nitrogen and oxygen atoms in total. The lowest BCUT2D eigenvalue weighted by Crippen LogP contribution is -2.32. The first kappa shape index (κ1) is 9.91. The Morgan fingerprint density at radius 2 is 2.27 bits per heavy atom. The van der Waals surface area contributed by atoms with Crippen LogP contribution >= 0.6 is 0 Å². The van der Waals surface area contributed by atoms with Gasteiger partial charge < -0.3 is 10.0 Å². The van der Waals surface area contributed by atoms with Gasteiger partial charge in [0.05, 0.1) is 0 Å². The summed E-state index contributed by atoms with van der Waals surface area (Å²) in [6.45, 7) is 8.59. The molecular formula is C8H13NO2. The van der Waals surface area contributed by atoms with E-state index < -0.39 is 0 Å². The zero-order chi connectivity index (χ0) is 8.85. The summed E-state index contributed by atoms with van der Waals surface area (Å²) >= 11 is 0. The van der Waals surface area contributed by atoms with Crippen LogP contribution in [0.1, 0.15) is 6.92 Å². The van der Waals surface area contributed by atoms with Crippen LogP contribution in [0.5, 0.6) is 0 Å². The van der Waals surface area contributed by atoms with E-state index in [1.165, 1.54) is 4.90 Å². The molecule has 0 spiro atoms. The molecule has 0 radical (unpaired) electrons. The zero-order valence-electron chi connectivity index (χ0n) is 6.71. The molecule has 0 unspecified atom stereocenters. The van der Waals surface area contributed by atoms with E-state index in [-0.39, 0.29) is 12.6 Å². The van der Waals surface area contributed by atoms with E-state index in [0.717, 1.165) is 0 Å². The number of nitrogens with zero attached hydrogens (tertiary/aromatic N) is 1. The molecule has 11 heavy (non-hydrogen) atoms. The Balaban J connectivity index is 4.13. The van der Waals surface area contributed by atoms with Gasteiger partial charge in [0.25, 0.3) is 5.91 Å². The first-order valence-electron chi connectivity index (χ1n) is 3.30. The van der Waals surface area contributed by atoms with Crippen molar-refractivity contribution >= 4 is 5.91 Å². The number of rotatable bonds is 4. The van der Waals surface area contributed by atoms with Gasteiger partial charge in [-0.05, 0) is 6.92 Å². The fraction of sp³-hybridized carbons (Fsp3) is 0.375. The van der Waals surface area contributed by atoms with Crippen molar-refractivity contribution in [1.29, 1.82) is 0 Å². The smallest absolute Gasteiger partial charge is 0.250 e. The third kappa shape index (κ3) is 3.00. The van der Waals surface area contributed by atoms with Crippen molar-refractivity contribution < 1.29 is 9.90 Å². The molecule has 1 N–H and O–H groups in total. The van der Waals surface area contributed by atoms with Gasteiger partial charge in [0.2, 0.25) is 0 Å². The summed E-state index contributed by atoms with van der Waals surface area (Å²) < 4.78 is 0. The number of aliphatic hydroxyl groups is 1. The first-order valence-corrected chi connectivity index (χ1v) is 3.30. The molecule has 0 aliphatic heterocycles. The minimum Gasteiger partial charge on any atom is -0.376 e. The van der Waals surface area contributed by atoms with Gasteiger partial charge in [-0.25, -0.2) is 0 Å². The maximum Gasteiger partial charge on any atom is 0.250 e. The lowest BCUT2D eigenvalue weighted by atomic mass is 10.3. The number of aliphatic hydroxyl groups excluding tert-OH is 1. The molecule has 0 bridgehead atoms. The Kier molecular flexibility index (Phi) is 4.22. The lowest BCUT2D eigenvalue weighted by molar-refractivity contribution is -0.129. The molecule has 62 valence electrons. The quantitative estimate of drug-likeness (QED) is 0.365. The molecule has 0 atom stereocenters. The van der Waals surface area contributed by atoms with Crippen LogP contribution in [0.2, 0.25) is 0 Å². The van der Waals surface area contributed by atoms with Crippen LogP contribution in [0.3, 0.4) is 0 Å². The highest BCUT2D eigenvalue weighted by Crippen LogP contribution is 1.96. The fourth-order valence-electron chi connectivity index (χ4n) is 0.631. The van der Waals surface area contributed by atoms with Crippen LogP contribution in [-0.2, 0) is 4.79 Å². The predicted molar refractivity (Wildman–Crippen MR) is 43.8 cm³/mol. The van der Waals surface area contributed by atoms with Crippen LogP contribution in [0.25, 0.3) is 0 Å². The number of carbonyl (C=O) groups is 1. The summed E-state index contributed by atoms with van der Waals surface area (Å²) in [5.41, 5.74) is 0.418. The van der Waals surface area contributed by atoms with Crippen LogP contribution in [0, 0.1) is 0 Å². The number of hydrogen-bond donors (Lipinski definition) is 1. The van der Waals surface area contributed by atoms with Gasteiger partial charge in [-0.15, -0.1) is 6.58 Å². The predicted octanol–water partition coefficient (Wildman–Crippen LogP) is 0.527. The molecule has 1 amide bonds. The summed E-state index contributed by atoms with van der Waals surface area (Å²) in [5, 5.41) is 8.69. The topological polar surface area (TPSA) is 40.5 Å². The summed E-state index contributed by atoms with van der Waals surface area (Å²) in [4.78, 5) is 12.3. The van der Waals surface area contributed by atoms with Crippen molar-refractivity contribution in [2.24, 2.45) is 0 Å². The molecule has 0 aromatic carbocycles. The first-order chi connectivity index (χ1) is 5.13. The second-order valence-electron chi connectivity index (χ2n) is 2.24. The third-order valence-corrected chi connectivity index (χ3v) is 1.17. The van der Waals surface area contributed by atoms with E-state index in [2.05, 4.69) is 13.2 Å². The van der Waals surface area contributed by atoms with Crippen LogP contribution in [0.4, 0.5) is 0 Å². The van der Waals surface area contributed by atoms with Gasteiger partial charge in [-0.1, -0.05) is 12.7 Å². The molecule has 0 fully saturated rings. The van der Waals surface area contributed by atoms with Gasteiger partial charge in [0.15, 0.2) is 0 Å². The average Bonchev–Trinajstić information content (AvgIpc) is 1.98. The minimum absolute atomic E-state index is 0.243. The Hall–Kier alpha value is -1.09. The third-order valence-electron chi connectivity index (χ3n) is 1.17. The van der Waals surface area contributed by atoms with Gasteiger partial charge in [0, 0.05) is 12.1 Å². The van der Waals surface area contributed by atoms with Gasteiger partial charge in [0.1, 0.15) is 6.73 Å². The van der Waals surface area contributed by atoms with Crippen molar-refractivity contribution in [3.8, 4) is 0 Å². The lowest BCUT2D eigenvalue weighted by Gasteiger charge is -2.17. The Labute approximate surface area is 66.6 Å². The monoisotopic (exact) mass is 155 g/mol. The van der Waals surface area contributed by atoms with Crippen molar-refractivity contribution in [1.82, 2.24) is 4.90 Å². The summed E-state index contributed by atoms with van der Waals surface area (Å²) in [6.07, 6.45) is 1.55. The Bertz CT molecular complexity index is 175. The van der Waals surface area contributed by atoms with Crippen molar-refractivity contribution in [3.63, 3.8) is 0 Å². The van der Waals surface area contributed by atoms with Crippen molar-refractivity contribution in [2.45, 2.75) is 6.92 Å². The van der Waals surface area contributed by atoms with E-state index in [4.69, 9.17) is 5.11 Å². The maximum absolute atomic E-state index is 11.1. The van der Waals surface area contributed by atoms with E-state index in [1.807, 2.05) is 0 Å². The SMILES string of the molecule is C=CCN(CO)C(=O)C(=C)C. The molecule has 0 saturated carbocycles. The summed E-state index contributed by atoms with van der Waals surface area (Å²) in [5.74, 6) is -0.243. The summed E-state index contributed by atoms with van der Waals surface area (Å²) in [6, 6.07) is 0. The van der Waals surface area contributed by atoms with Gasteiger partial charge in [-0.2, -0.15) is 0 Å². The fourth-order valence-corrected chi connectivity index (χ4v) is 0.631. The number of carbonyl (C=O) groups excluding carboxylic acids is 1. The molecular weight excluding hydrogens is 142 g/mol. The second kappa shape index (κ2) is 4.68. The van der Waals surface area contributed by atoms with E-state index in [9.17, 15) is 4.79 Å². The van der Waals surface area contributed by atoms with E-state index in [0.29, 0.717) is 12.1 Å². The van der Waals surface area contributed by atoms with Crippen molar-refractivity contribution in [3.05, 3.63) is 24.8 Å². The Morgan fingerprint density at radius 3 is 2.55 bits per heavy atom. The van der Waals surface area contributed by atoms with Crippen LogP contribution in [0.15, 0.2) is 24.8 Å². The van der Waals surface area contributed by atoms with Gasteiger partial charge in [-0.3, -0.25) is 4.79 Å². The van der Waals surface area contributed by atoms with Gasteiger partial charge >= 0.3 is 0 Å². The number of hydrogen-bond acceptors (Lipinski definition) is 2. The maximum atomic E-state index is 11.1. The second-order valence-corrected chi connectivity index (χ2v) is 2.24.